The van der Waals surface area contributed by atoms with E-state index in [1.54, 1.807) is 24.4 Å². The molecule has 1 aromatic carbocycles. The molecule has 0 bridgehead atoms. The summed E-state index contributed by atoms with van der Waals surface area (Å²) in [4.78, 5) is 19.6. The molecule has 0 amide bonds. The Morgan fingerprint density at radius 3 is 3.00 bits per heavy atom. The number of azo groups is 1. The second-order valence-electron chi connectivity index (χ2n) is 7.27. The summed E-state index contributed by atoms with van der Waals surface area (Å²) >= 11 is 8.91. The van der Waals surface area contributed by atoms with Crippen molar-refractivity contribution < 1.29 is 4.74 Å². The molecule has 4 N–H and O–H groups in total. The van der Waals surface area contributed by atoms with Gasteiger partial charge in [0, 0.05) is 18.3 Å². The topological polar surface area (TPSA) is 118 Å². The van der Waals surface area contributed by atoms with Crippen LogP contribution in [0.15, 0.2) is 39.4 Å². The van der Waals surface area contributed by atoms with Gasteiger partial charge < -0.3 is 20.8 Å². The molecule has 3 aromatic rings. The molecule has 1 aliphatic heterocycles. The maximum Gasteiger partial charge on any atom is 0.266 e. The second kappa shape index (κ2) is 10.9. The number of rotatable bonds is 7. The zero-order chi connectivity index (χ0) is 22.3. The number of nitrogens with two attached hydrogens (primary N) is 1. The Labute approximate surface area is 197 Å². The third kappa shape index (κ3) is 6.26. The summed E-state index contributed by atoms with van der Waals surface area (Å²) < 4.78 is 6.95. The zero-order valence-electron chi connectivity index (χ0n) is 17.2. The highest BCUT2D eigenvalue weighted by Crippen LogP contribution is 2.29. The molecule has 0 radical (unpaired) electrons. The average molecular weight is 491 g/mol. The number of nitrogen functional groups attached to an aromatic ring is 1. The first-order valence-electron chi connectivity index (χ1n) is 10.3. The van der Waals surface area contributed by atoms with E-state index in [0.29, 0.717) is 43.4 Å². The second-order valence-corrected chi connectivity index (χ2v) is 9.86. The first kappa shape index (κ1) is 22.7. The minimum atomic E-state index is -0.202. The number of benzene rings is 1. The van der Waals surface area contributed by atoms with Crippen molar-refractivity contribution in [3.05, 3.63) is 53.8 Å². The largest absolute Gasteiger partial charge is 0.493 e. The molecule has 168 valence electrons. The lowest BCUT2D eigenvalue weighted by Gasteiger charge is -2.23. The predicted octanol–water partition coefficient (Wildman–Crippen LogP) is 3.39. The highest BCUT2D eigenvalue weighted by Gasteiger charge is 2.12. The van der Waals surface area contributed by atoms with Crippen molar-refractivity contribution in [1.82, 2.24) is 15.3 Å². The van der Waals surface area contributed by atoms with Crippen molar-refractivity contribution in [3.8, 4) is 5.75 Å². The van der Waals surface area contributed by atoms with E-state index in [9.17, 15) is 4.79 Å². The van der Waals surface area contributed by atoms with Crippen molar-refractivity contribution in [3.63, 3.8) is 0 Å². The Bertz CT molecular complexity index is 1260. The van der Waals surface area contributed by atoms with Crippen LogP contribution in [0.2, 0.25) is 5.02 Å². The lowest BCUT2D eigenvalue weighted by molar-refractivity contribution is 0.268. The summed E-state index contributed by atoms with van der Waals surface area (Å²) in [5, 5.41) is 12.6. The monoisotopic (exact) mass is 490 g/mol. The van der Waals surface area contributed by atoms with Crippen LogP contribution in [0.4, 0.5) is 10.8 Å². The molecule has 8 nitrogen and oxygen atoms in total. The molecule has 11 heteroatoms. The number of nitrogens with one attached hydrogen (secondary N) is 2. The molecule has 32 heavy (non-hydrogen) atoms. The van der Waals surface area contributed by atoms with Crippen molar-refractivity contribution >= 4 is 57.4 Å². The van der Waals surface area contributed by atoms with E-state index in [2.05, 4.69) is 25.5 Å². The van der Waals surface area contributed by atoms with Crippen LogP contribution in [-0.2, 0) is 0 Å². The Balaban J connectivity index is 1.38. The molecule has 2 aromatic heterocycles. The lowest BCUT2D eigenvalue weighted by atomic mass is 10.0. The number of hydrogen-bond acceptors (Lipinski definition) is 9. The predicted molar refractivity (Wildman–Crippen MR) is 130 cm³/mol. The smallest absolute Gasteiger partial charge is 0.266 e. The van der Waals surface area contributed by atoms with Crippen molar-refractivity contribution in [2.24, 2.45) is 10.2 Å². The highest BCUT2D eigenvalue weighted by molar-refractivity contribution is 7.16. The van der Waals surface area contributed by atoms with Crippen molar-refractivity contribution in [1.29, 1.82) is 0 Å². The van der Waals surface area contributed by atoms with Gasteiger partial charge in [-0.2, -0.15) is 5.11 Å². The molecular formula is C21H23ClN6O2S2. The number of hydrogen-bond donors (Lipinski definition) is 3. The number of ether oxygens (including phenoxy) is 1. The standard InChI is InChI=1S/C21H23ClN6O2S2/c22-16-9-14(30-8-6-13-3-1-2-7-24-13)4-5-17(16)28-26-12-19-27-20(29)18(32-19)10-15-11-25-21(23)31-15/h4-5,9-13,24H,1-3,6-8H2,(H2,23,25)(H,27,29). The van der Waals surface area contributed by atoms with Gasteiger partial charge in [0.2, 0.25) is 0 Å². The van der Waals surface area contributed by atoms with Crippen LogP contribution in [0, 0.1) is 0 Å². The zero-order valence-corrected chi connectivity index (χ0v) is 19.6. The van der Waals surface area contributed by atoms with Crippen LogP contribution in [-0.4, -0.2) is 29.2 Å². The minimum Gasteiger partial charge on any atom is -0.493 e. The third-order valence-corrected chi connectivity index (χ3v) is 6.93. The van der Waals surface area contributed by atoms with Crippen molar-refractivity contribution in [2.75, 3.05) is 18.9 Å². The molecule has 1 aliphatic rings. The van der Waals surface area contributed by atoms with Gasteiger partial charge in [0.05, 0.1) is 27.2 Å². The summed E-state index contributed by atoms with van der Waals surface area (Å²) in [6, 6.07) is 5.86. The van der Waals surface area contributed by atoms with E-state index in [0.717, 1.165) is 17.8 Å². The number of anilines is 1. The van der Waals surface area contributed by atoms with Crippen LogP contribution in [0.3, 0.4) is 0 Å². The Kier molecular flexibility index (Phi) is 7.69. The van der Waals surface area contributed by atoms with Gasteiger partial charge >= 0.3 is 0 Å². The van der Waals surface area contributed by atoms with Gasteiger partial charge in [-0.15, -0.1) is 16.5 Å². The number of aromatic amines is 1. The van der Waals surface area contributed by atoms with Gasteiger partial charge in [-0.3, -0.25) is 4.79 Å². The van der Waals surface area contributed by atoms with E-state index in [1.165, 1.54) is 48.1 Å². The first-order valence-corrected chi connectivity index (χ1v) is 12.3. The molecule has 0 saturated carbocycles. The van der Waals surface area contributed by atoms with E-state index < -0.39 is 0 Å². The molecule has 4 rings (SSSR count). The molecule has 3 heterocycles. The lowest BCUT2D eigenvalue weighted by Crippen LogP contribution is -2.35. The number of piperidine rings is 1. The number of aromatic nitrogens is 2. The molecule has 1 atom stereocenters. The first-order chi connectivity index (χ1) is 15.6. The van der Waals surface area contributed by atoms with Crippen LogP contribution >= 0.6 is 34.3 Å². The molecule has 1 saturated heterocycles. The Morgan fingerprint density at radius 1 is 1.34 bits per heavy atom. The SMILES string of the molecule is Nc1ncc(C=c2sc(=CN=Nc3ccc(OCCC4CCCCN4)cc3Cl)[nH]c2=O)s1. The quantitative estimate of drug-likeness (QED) is 0.439. The fourth-order valence-electron chi connectivity index (χ4n) is 3.31. The Hall–Kier alpha value is -2.53. The van der Waals surface area contributed by atoms with Crippen LogP contribution in [0.5, 0.6) is 5.75 Å². The van der Waals surface area contributed by atoms with E-state index >= 15 is 0 Å². The molecule has 0 aliphatic carbocycles. The molecule has 1 fully saturated rings. The Morgan fingerprint density at radius 2 is 2.25 bits per heavy atom. The fourth-order valence-corrected chi connectivity index (χ4v) is 5.03. The molecule has 1 unspecified atom stereocenters. The normalized spacial score (nSPS) is 18.0. The molecular weight excluding hydrogens is 468 g/mol. The summed E-state index contributed by atoms with van der Waals surface area (Å²) in [5.74, 6) is 0.709. The fraction of sp³-hybridized carbons (Fsp3) is 0.333. The number of thiazole rings is 2. The van der Waals surface area contributed by atoms with Gasteiger partial charge in [0.25, 0.3) is 5.56 Å². The summed E-state index contributed by atoms with van der Waals surface area (Å²) in [5.41, 5.74) is 5.94. The van der Waals surface area contributed by atoms with Gasteiger partial charge in [-0.25, -0.2) is 4.98 Å². The van der Waals surface area contributed by atoms with Gasteiger partial charge in [0.1, 0.15) is 16.1 Å². The van der Waals surface area contributed by atoms with E-state index in [-0.39, 0.29) is 5.56 Å². The highest BCUT2D eigenvalue weighted by atomic mass is 35.5. The maximum atomic E-state index is 12.1. The van der Waals surface area contributed by atoms with Crippen LogP contribution in [0.25, 0.3) is 12.3 Å². The summed E-state index contributed by atoms with van der Waals surface area (Å²) in [6.45, 7) is 1.73. The van der Waals surface area contributed by atoms with Gasteiger partial charge in [-0.05, 0) is 44.0 Å². The van der Waals surface area contributed by atoms with E-state index in [4.69, 9.17) is 22.1 Å². The number of nitrogens with zero attached hydrogens (tertiary/aromatic N) is 3. The maximum absolute atomic E-state index is 12.1. The molecule has 0 spiro atoms. The van der Waals surface area contributed by atoms with Crippen molar-refractivity contribution in [2.45, 2.75) is 31.7 Å². The third-order valence-electron chi connectivity index (χ3n) is 4.90. The number of H-pyrrole nitrogens is 1. The van der Waals surface area contributed by atoms with Gasteiger partial charge in [0.15, 0.2) is 5.13 Å². The minimum absolute atomic E-state index is 0.202. The number of halogens is 1. The summed E-state index contributed by atoms with van der Waals surface area (Å²) in [7, 11) is 0. The van der Waals surface area contributed by atoms with Crippen LogP contribution in [0.1, 0.15) is 30.6 Å². The van der Waals surface area contributed by atoms with Crippen LogP contribution < -0.4 is 30.5 Å². The van der Waals surface area contributed by atoms with Gasteiger partial charge in [-0.1, -0.05) is 29.4 Å². The average Bonchev–Trinajstić information content (AvgIpc) is 3.35. The summed E-state index contributed by atoms with van der Waals surface area (Å²) in [6.07, 6.45) is 9.57. The van der Waals surface area contributed by atoms with E-state index in [1.807, 2.05) is 6.07 Å².